The summed E-state index contributed by atoms with van der Waals surface area (Å²) in [4.78, 5) is 26.0. The molecular weight excluding hydrogens is 362 g/mol. The lowest BCUT2D eigenvalue weighted by Gasteiger charge is -2.02. The highest BCUT2D eigenvalue weighted by Gasteiger charge is 2.12. The van der Waals surface area contributed by atoms with Gasteiger partial charge in [-0.05, 0) is 22.6 Å². The Morgan fingerprint density at radius 3 is 2.85 bits per heavy atom. The standard InChI is InChI=1S/C15H14ClN7O3/c16-12-3-1-2-11(8-12)9-22-10-17-15(20-22)18-14(24)5-7-21-6-4-13(19-21)23(25)26/h1-4,6,8,10H,5,7,9H2,(H,18,20,24). The van der Waals surface area contributed by atoms with E-state index in [4.69, 9.17) is 11.6 Å². The van der Waals surface area contributed by atoms with E-state index in [1.165, 1.54) is 23.3 Å². The molecule has 26 heavy (non-hydrogen) atoms. The van der Waals surface area contributed by atoms with Crippen LogP contribution in [0.1, 0.15) is 12.0 Å². The molecule has 0 aliphatic rings. The Balaban J connectivity index is 1.51. The van der Waals surface area contributed by atoms with Crippen LogP contribution in [0.25, 0.3) is 0 Å². The number of halogens is 1. The van der Waals surface area contributed by atoms with E-state index in [1.54, 1.807) is 10.7 Å². The largest absolute Gasteiger partial charge is 0.389 e. The molecule has 2 aromatic heterocycles. The predicted molar refractivity (Wildman–Crippen MR) is 92.7 cm³/mol. The number of nitrogens with zero attached hydrogens (tertiary/aromatic N) is 6. The number of nitro groups is 1. The lowest BCUT2D eigenvalue weighted by Crippen LogP contribution is -2.16. The van der Waals surface area contributed by atoms with Crippen LogP contribution in [0, 0.1) is 10.1 Å². The van der Waals surface area contributed by atoms with Gasteiger partial charge >= 0.3 is 5.82 Å². The van der Waals surface area contributed by atoms with E-state index in [1.807, 2.05) is 18.2 Å². The molecular formula is C15H14ClN7O3. The van der Waals surface area contributed by atoms with Crippen molar-refractivity contribution in [2.75, 3.05) is 5.32 Å². The van der Waals surface area contributed by atoms with Crippen LogP contribution in [0.2, 0.25) is 5.02 Å². The molecule has 2 heterocycles. The number of carbonyl (C=O) groups is 1. The minimum Gasteiger partial charge on any atom is -0.358 e. The minimum atomic E-state index is -0.590. The van der Waals surface area contributed by atoms with Crippen LogP contribution in [0.15, 0.2) is 42.9 Å². The summed E-state index contributed by atoms with van der Waals surface area (Å²) < 4.78 is 2.92. The van der Waals surface area contributed by atoms with E-state index in [0.29, 0.717) is 11.6 Å². The molecule has 0 fully saturated rings. The molecule has 3 rings (SSSR count). The van der Waals surface area contributed by atoms with Crippen molar-refractivity contribution in [3.8, 4) is 0 Å². The highest BCUT2D eigenvalue weighted by molar-refractivity contribution is 6.30. The molecule has 134 valence electrons. The average Bonchev–Trinajstić information content (AvgIpc) is 3.23. The van der Waals surface area contributed by atoms with Gasteiger partial charge in [0.1, 0.15) is 6.33 Å². The summed E-state index contributed by atoms with van der Waals surface area (Å²) in [6, 6.07) is 8.64. The Morgan fingerprint density at radius 2 is 2.12 bits per heavy atom. The summed E-state index contributed by atoms with van der Waals surface area (Å²) in [5.41, 5.74) is 0.959. The van der Waals surface area contributed by atoms with Gasteiger partial charge in [0.05, 0.1) is 30.5 Å². The Bertz CT molecular complexity index is 937. The molecule has 0 spiro atoms. The van der Waals surface area contributed by atoms with Crippen LogP contribution >= 0.6 is 11.6 Å². The van der Waals surface area contributed by atoms with E-state index in [2.05, 4.69) is 20.5 Å². The first-order valence-electron chi connectivity index (χ1n) is 7.61. The van der Waals surface area contributed by atoms with E-state index >= 15 is 0 Å². The second kappa shape index (κ2) is 7.74. The van der Waals surface area contributed by atoms with Crippen molar-refractivity contribution in [1.82, 2.24) is 24.5 Å². The maximum atomic E-state index is 11.9. The molecule has 0 radical (unpaired) electrons. The summed E-state index contributed by atoms with van der Waals surface area (Å²) in [6.07, 6.45) is 3.04. The van der Waals surface area contributed by atoms with Gasteiger partial charge in [-0.2, -0.15) is 4.68 Å². The number of amides is 1. The number of carbonyl (C=O) groups excluding carboxylic acids is 1. The summed E-state index contributed by atoms with van der Waals surface area (Å²) in [5, 5.41) is 21.7. The van der Waals surface area contributed by atoms with Gasteiger partial charge in [0.25, 0.3) is 0 Å². The Kier molecular flexibility index (Phi) is 5.23. The maximum Gasteiger partial charge on any atom is 0.389 e. The summed E-state index contributed by atoms with van der Waals surface area (Å²) in [6.45, 7) is 0.684. The van der Waals surface area contributed by atoms with Crippen LogP contribution in [-0.2, 0) is 17.9 Å². The Labute approximate surface area is 152 Å². The Hall–Kier alpha value is -3.27. The normalized spacial score (nSPS) is 10.7. The van der Waals surface area contributed by atoms with Crippen molar-refractivity contribution in [2.45, 2.75) is 19.5 Å². The first-order valence-corrected chi connectivity index (χ1v) is 7.99. The van der Waals surface area contributed by atoms with E-state index in [0.717, 1.165) is 5.56 Å². The molecule has 0 aliphatic carbocycles. The molecule has 1 amide bonds. The highest BCUT2D eigenvalue weighted by atomic mass is 35.5. The number of aromatic nitrogens is 5. The zero-order valence-electron chi connectivity index (χ0n) is 13.4. The average molecular weight is 376 g/mol. The van der Waals surface area contributed by atoms with Gasteiger partial charge < -0.3 is 10.1 Å². The third-order valence-electron chi connectivity index (χ3n) is 3.40. The number of anilines is 1. The van der Waals surface area contributed by atoms with E-state index in [9.17, 15) is 14.9 Å². The number of aryl methyl sites for hydroxylation is 1. The van der Waals surface area contributed by atoms with E-state index in [-0.39, 0.29) is 30.6 Å². The Morgan fingerprint density at radius 1 is 1.27 bits per heavy atom. The molecule has 0 bridgehead atoms. The summed E-state index contributed by atoms with van der Waals surface area (Å²) in [7, 11) is 0. The highest BCUT2D eigenvalue weighted by Crippen LogP contribution is 2.12. The van der Waals surface area contributed by atoms with Crippen molar-refractivity contribution < 1.29 is 9.72 Å². The van der Waals surface area contributed by atoms with Crippen molar-refractivity contribution >= 4 is 29.3 Å². The fourth-order valence-electron chi connectivity index (χ4n) is 2.23. The fraction of sp³-hybridized carbons (Fsp3) is 0.200. The third-order valence-corrected chi connectivity index (χ3v) is 3.64. The van der Waals surface area contributed by atoms with Crippen LogP contribution in [0.4, 0.5) is 11.8 Å². The van der Waals surface area contributed by atoms with Crippen LogP contribution < -0.4 is 5.32 Å². The molecule has 3 aromatic rings. The lowest BCUT2D eigenvalue weighted by molar-refractivity contribution is -0.389. The predicted octanol–water partition coefficient (Wildman–Crippen LogP) is 2.11. The SMILES string of the molecule is O=C(CCn1ccc([N+](=O)[O-])n1)Nc1ncn(Cc2cccc(Cl)c2)n1. The van der Waals surface area contributed by atoms with Crippen molar-refractivity contribution in [1.29, 1.82) is 0 Å². The first kappa shape index (κ1) is 17.5. The fourth-order valence-corrected chi connectivity index (χ4v) is 2.44. The van der Waals surface area contributed by atoms with Crippen molar-refractivity contribution in [2.24, 2.45) is 0 Å². The van der Waals surface area contributed by atoms with Gasteiger partial charge in [-0.1, -0.05) is 23.7 Å². The molecule has 0 atom stereocenters. The zero-order valence-corrected chi connectivity index (χ0v) is 14.2. The number of rotatable bonds is 7. The monoisotopic (exact) mass is 375 g/mol. The van der Waals surface area contributed by atoms with E-state index < -0.39 is 4.92 Å². The number of nitrogens with one attached hydrogen (secondary N) is 1. The topological polar surface area (TPSA) is 121 Å². The lowest BCUT2D eigenvalue weighted by atomic mass is 10.2. The minimum absolute atomic E-state index is 0.0850. The second-order valence-electron chi connectivity index (χ2n) is 5.39. The summed E-state index contributed by atoms with van der Waals surface area (Å²) in [5.74, 6) is -0.390. The van der Waals surface area contributed by atoms with Gasteiger partial charge in [-0.15, -0.1) is 5.10 Å². The number of hydrogen-bond donors (Lipinski definition) is 1. The number of hydrogen-bond acceptors (Lipinski definition) is 6. The van der Waals surface area contributed by atoms with Crippen molar-refractivity contribution in [3.05, 3.63) is 63.6 Å². The molecule has 0 unspecified atom stereocenters. The molecule has 10 nitrogen and oxygen atoms in total. The smallest absolute Gasteiger partial charge is 0.358 e. The van der Waals surface area contributed by atoms with Gasteiger partial charge in [-0.3, -0.25) is 10.1 Å². The molecule has 0 saturated heterocycles. The quantitative estimate of drug-likeness (QED) is 0.498. The van der Waals surface area contributed by atoms with Gasteiger partial charge in [0, 0.05) is 11.4 Å². The van der Waals surface area contributed by atoms with Gasteiger partial charge in [0.2, 0.25) is 11.9 Å². The third kappa shape index (κ3) is 4.63. The van der Waals surface area contributed by atoms with Crippen LogP contribution in [0.3, 0.4) is 0 Å². The van der Waals surface area contributed by atoms with Crippen molar-refractivity contribution in [3.63, 3.8) is 0 Å². The van der Waals surface area contributed by atoms with Crippen LogP contribution in [0.5, 0.6) is 0 Å². The summed E-state index contributed by atoms with van der Waals surface area (Å²) >= 11 is 5.94. The molecule has 0 aliphatic heterocycles. The molecule has 1 N–H and O–H groups in total. The molecule has 0 saturated carbocycles. The van der Waals surface area contributed by atoms with Gasteiger partial charge in [-0.25, -0.2) is 9.67 Å². The van der Waals surface area contributed by atoms with Gasteiger partial charge in [0.15, 0.2) is 0 Å². The zero-order chi connectivity index (χ0) is 18.5. The maximum absolute atomic E-state index is 11.9. The number of benzene rings is 1. The molecule has 1 aromatic carbocycles. The molecule has 11 heteroatoms. The second-order valence-corrected chi connectivity index (χ2v) is 5.82. The first-order chi connectivity index (χ1) is 12.5. The van der Waals surface area contributed by atoms with Crippen LogP contribution in [-0.4, -0.2) is 35.4 Å².